The number of carbonyl (C=O) groups is 2. The molecule has 2 fully saturated rings. The van der Waals surface area contributed by atoms with Crippen molar-refractivity contribution in [2.45, 2.75) is 44.1 Å². The van der Waals surface area contributed by atoms with E-state index in [0.29, 0.717) is 20.9 Å². The quantitative estimate of drug-likeness (QED) is 0.664. The number of fused-ring (bicyclic) bond motifs is 1. The molecule has 1 N–H and O–H groups in total. The first-order valence-electron chi connectivity index (χ1n) is 9.54. The highest BCUT2D eigenvalue weighted by Gasteiger charge is 2.49. The minimum atomic E-state index is -3.20. The summed E-state index contributed by atoms with van der Waals surface area (Å²) < 4.78 is 29.4. The van der Waals surface area contributed by atoms with Crippen LogP contribution in [0.5, 0.6) is 0 Å². The molecular formula is C19H23Cl2N3O5S2. The Bertz CT molecular complexity index is 1020. The lowest BCUT2D eigenvalue weighted by atomic mass is 10.2. The Hall–Kier alpha value is -1.49. The smallest absolute Gasteiger partial charge is 0.407 e. The zero-order valence-corrected chi connectivity index (χ0v) is 20.4. The highest BCUT2D eigenvalue weighted by molar-refractivity contribution is 8.16. The fraction of sp³-hybridized carbons (Fsp3) is 0.526. The van der Waals surface area contributed by atoms with Gasteiger partial charge in [-0.15, -0.1) is 0 Å². The first-order chi connectivity index (χ1) is 14.3. The summed E-state index contributed by atoms with van der Waals surface area (Å²) in [5, 5.41) is 3.44. The van der Waals surface area contributed by atoms with Gasteiger partial charge < -0.3 is 15.0 Å². The SMILES string of the molecule is CC(C)(C)OC(=O)NCCC(=O)N=C1SC2CS(=O)(=O)CC2N1c1cc(Cl)ccc1Cl. The molecule has 12 heteroatoms. The maximum Gasteiger partial charge on any atom is 0.407 e. The van der Waals surface area contributed by atoms with Crippen LogP contribution in [0.2, 0.25) is 10.0 Å². The van der Waals surface area contributed by atoms with Crippen LogP contribution in [0.25, 0.3) is 0 Å². The second-order valence-electron chi connectivity index (χ2n) is 8.23. The number of benzene rings is 1. The van der Waals surface area contributed by atoms with Gasteiger partial charge in [0.1, 0.15) is 5.60 Å². The molecule has 2 atom stereocenters. The molecule has 0 radical (unpaired) electrons. The molecule has 31 heavy (non-hydrogen) atoms. The van der Waals surface area contributed by atoms with Crippen LogP contribution < -0.4 is 10.2 Å². The van der Waals surface area contributed by atoms with Crippen molar-refractivity contribution in [3.8, 4) is 0 Å². The van der Waals surface area contributed by atoms with E-state index in [1.54, 1.807) is 43.9 Å². The van der Waals surface area contributed by atoms with Crippen molar-refractivity contribution >= 4 is 67.7 Å². The van der Waals surface area contributed by atoms with Gasteiger partial charge in [0, 0.05) is 23.2 Å². The molecule has 3 rings (SSSR count). The van der Waals surface area contributed by atoms with E-state index in [1.165, 1.54) is 11.8 Å². The van der Waals surface area contributed by atoms with E-state index in [2.05, 4.69) is 10.3 Å². The molecule has 0 aromatic heterocycles. The van der Waals surface area contributed by atoms with Crippen LogP contribution in [0.1, 0.15) is 27.2 Å². The topological polar surface area (TPSA) is 105 Å². The van der Waals surface area contributed by atoms with E-state index in [9.17, 15) is 18.0 Å². The van der Waals surface area contributed by atoms with E-state index in [4.69, 9.17) is 27.9 Å². The Kier molecular flexibility index (Phi) is 7.15. The summed E-state index contributed by atoms with van der Waals surface area (Å²) >= 11 is 13.7. The molecule has 2 aliphatic heterocycles. The average Bonchev–Trinajstić information content (AvgIpc) is 3.06. The molecule has 2 saturated heterocycles. The Morgan fingerprint density at radius 3 is 2.68 bits per heavy atom. The lowest BCUT2D eigenvalue weighted by Crippen LogP contribution is -2.38. The van der Waals surface area contributed by atoms with Gasteiger partial charge in [0.05, 0.1) is 28.3 Å². The summed E-state index contributed by atoms with van der Waals surface area (Å²) in [6.45, 7) is 5.29. The van der Waals surface area contributed by atoms with Crippen molar-refractivity contribution in [3.63, 3.8) is 0 Å². The number of amides is 2. The maximum absolute atomic E-state index is 12.4. The molecule has 2 unspecified atom stereocenters. The van der Waals surface area contributed by atoms with Gasteiger partial charge in [-0.3, -0.25) is 4.79 Å². The minimum Gasteiger partial charge on any atom is -0.444 e. The first-order valence-corrected chi connectivity index (χ1v) is 13.0. The highest BCUT2D eigenvalue weighted by Crippen LogP contribution is 2.43. The van der Waals surface area contributed by atoms with Crippen molar-refractivity contribution in [2.75, 3.05) is 23.0 Å². The van der Waals surface area contributed by atoms with E-state index in [-0.39, 0.29) is 29.7 Å². The Morgan fingerprint density at radius 1 is 1.29 bits per heavy atom. The van der Waals surface area contributed by atoms with Crippen molar-refractivity contribution in [1.29, 1.82) is 0 Å². The molecule has 0 spiro atoms. The number of nitrogens with zero attached hydrogens (tertiary/aromatic N) is 2. The van der Waals surface area contributed by atoms with E-state index < -0.39 is 33.5 Å². The number of thioether (sulfide) groups is 1. The summed E-state index contributed by atoms with van der Waals surface area (Å²) in [5.41, 5.74) is -0.131. The lowest BCUT2D eigenvalue weighted by molar-refractivity contribution is -0.117. The number of alkyl carbamates (subject to hydrolysis) is 1. The Morgan fingerprint density at radius 2 is 2.00 bits per heavy atom. The Balaban J connectivity index is 1.75. The van der Waals surface area contributed by atoms with Gasteiger partial charge in [-0.1, -0.05) is 35.0 Å². The maximum atomic E-state index is 12.4. The van der Waals surface area contributed by atoms with Gasteiger partial charge >= 0.3 is 6.09 Å². The summed E-state index contributed by atoms with van der Waals surface area (Å²) in [6, 6.07) is 4.48. The molecule has 1 aromatic rings. The van der Waals surface area contributed by atoms with Gasteiger partial charge in [-0.05, 0) is 39.0 Å². The van der Waals surface area contributed by atoms with Crippen LogP contribution in [-0.2, 0) is 19.4 Å². The number of hydrogen-bond donors (Lipinski definition) is 1. The molecule has 0 saturated carbocycles. The number of anilines is 1. The second-order valence-corrected chi connectivity index (χ2v) is 12.4. The minimum absolute atomic E-state index is 0.00439. The van der Waals surface area contributed by atoms with Gasteiger partial charge in [0.2, 0.25) is 5.91 Å². The number of sulfone groups is 1. The van der Waals surface area contributed by atoms with Crippen LogP contribution in [0.4, 0.5) is 10.5 Å². The van der Waals surface area contributed by atoms with E-state index in [1.807, 2.05) is 0 Å². The second kappa shape index (κ2) is 9.17. The van der Waals surface area contributed by atoms with Crippen LogP contribution in [0.3, 0.4) is 0 Å². The van der Waals surface area contributed by atoms with Gasteiger partial charge in [-0.2, -0.15) is 4.99 Å². The monoisotopic (exact) mass is 507 g/mol. The summed E-state index contributed by atoms with van der Waals surface area (Å²) in [6.07, 6.45) is -0.649. The molecule has 8 nitrogen and oxygen atoms in total. The average molecular weight is 508 g/mol. The van der Waals surface area contributed by atoms with Crippen molar-refractivity contribution in [2.24, 2.45) is 4.99 Å². The number of halogens is 2. The molecule has 0 bridgehead atoms. The van der Waals surface area contributed by atoms with Gasteiger partial charge in [0.15, 0.2) is 15.0 Å². The number of nitrogens with one attached hydrogen (secondary N) is 1. The Labute approximate surface area is 195 Å². The third kappa shape index (κ3) is 6.27. The fourth-order valence-corrected chi connectivity index (χ4v) is 7.56. The molecule has 2 amide bonds. The van der Waals surface area contributed by atoms with Crippen LogP contribution in [0.15, 0.2) is 23.2 Å². The highest BCUT2D eigenvalue weighted by atomic mass is 35.5. The third-order valence-corrected chi connectivity index (χ3v) is 8.23. The lowest BCUT2D eigenvalue weighted by Gasteiger charge is -2.25. The summed E-state index contributed by atoms with van der Waals surface area (Å²) in [5.74, 6) is -0.504. The summed E-state index contributed by atoms with van der Waals surface area (Å²) in [4.78, 5) is 30.0. The molecule has 1 aromatic carbocycles. The van der Waals surface area contributed by atoms with Crippen LogP contribution in [0, 0.1) is 0 Å². The molecule has 170 valence electrons. The van der Waals surface area contributed by atoms with Gasteiger partial charge in [0.25, 0.3) is 0 Å². The van der Waals surface area contributed by atoms with Crippen molar-refractivity contribution in [3.05, 3.63) is 28.2 Å². The number of aliphatic imine (C=N–C) groups is 1. The predicted octanol–water partition coefficient (Wildman–Crippen LogP) is 3.51. The van der Waals surface area contributed by atoms with Crippen molar-refractivity contribution < 1.29 is 22.7 Å². The number of rotatable bonds is 4. The molecule has 2 aliphatic rings. The van der Waals surface area contributed by atoms with E-state index in [0.717, 1.165) is 0 Å². The number of ether oxygens (including phenoxy) is 1. The van der Waals surface area contributed by atoms with Gasteiger partial charge in [-0.25, -0.2) is 13.2 Å². The summed E-state index contributed by atoms with van der Waals surface area (Å²) in [7, 11) is -3.20. The van der Waals surface area contributed by atoms with Crippen molar-refractivity contribution in [1.82, 2.24) is 5.32 Å². The standard InChI is InChI=1S/C19H23Cl2N3O5S2/c1-19(2,3)29-18(26)22-7-6-16(25)23-17-24(13-8-11(20)4-5-12(13)21)14-9-31(27,28)10-15(14)30-17/h4-5,8,14-15H,6-7,9-10H2,1-3H3,(H,22,26). The third-order valence-electron chi connectivity index (χ3n) is 4.46. The first kappa shape index (κ1) is 24.2. The normalized spacial score (nSPS) is 23.6. The zero-order chi connectivity index (χ0) is 23.0. The van der Waals surface area contributed by atoms with Crippen LogP contribution >= 0.6 is 35.0 Å². The number of carbonyl (C=O) groups excluding carboxylic acids is 2. The predicted molar refractivity (Wildman–Crippen MR) is 124 cm³/mol. The van der Waals surface area contributed by atoms with Crippen LogP contribution in [-0.4, -0.2) is 60.5 Å². The zero-order valence-electron chi connectivity index (χ0n) is 17.2. The largest absolute Gasteiger partial charge is 0.444 e. The molecule has 2 heterocycles. The fourth-order valence-electron chi connectivity index (χ4n) is 3.26. The molecule has 0 aliphatic carbocycles. The van der Waals surface area contributed by atoms with E-state index >= 15 is 0 Å². The molecular weight excluding hydrogens is 485 g/mol. The number of hydrogen-bond acceptors (Lipinski definition) is 6. The number of amidine groups is 1.